The topological polar surface area (TPSA) is 24.9 Å². The van der Waals surface area contributed by atoms with Crippen LogP contribution in [0.25, 0.3) is 0 Å². The number of rotatable bonds is 3. The second-order valence-electron chi connectivity index (χ2n) is 2.80. The molecule has 1 heterocycles. The van der Waals surface area contributed by atoms with Gasteiger partial charge >= 0.3 is 0 Å². The van der Waals surface area contributed by atoms with Crippen LogP contribution in [0.1, 0.15) is 0 Å². The molecule has 4 nitrogen and oxygen atoms in total. The molecule has 0 bridgehead atoms. The first-order chi connectivity index (χ1) is 6.15. The van der Waals surface area contributed by atoms with Crippen molar-refractivity contribution in [1.29, 1.82) is 0 Å². The van der Waals surface area contributed by atoms with E-state index in [0.29, 0.717) is 13.2 Å². The van der Waals surface area contributed by atoms with Crippen molar-refractivity contribution >= 4 is 0 Å². The summed E-state index contributed by atoms with van der Waals surface area (Å²) in [6.07, 6.45) is -3.44. The van der Waals surface area contributed by atoms with E-state index in [4.69, 9.17) is 9.57 Å². The highest BCUT2D eigenvalue weighted by Crippen LogP contribution is 2.13. The summed E-state index contributed by atoms with van der Waals surface area (Å²) in [6.45, 7) is 1.05. The number of nitrogens with zero attached hydrogens (tertiary/aromatic N) is 2. The Balaban J connectivity index is 2.41. The molecule has 6 heteroatoms. The van der Waals surface area contributed by atoms with Crippen molar-refractivity contribution in [1.82, 2.24) is 10.2 Å². The smallest absolute Gasteiger partial charge is 0.265 e. The molecule has 0 aromatic rings. The molecule has 0 aromatic carbocycles. The average molecular weight is 196 g/mol. The molecule has 1 fully saturated rings. The Bertz CT molecular complexity index is 159. The number of hydroxylamine groups is 1. The highest BCUT2D eigenvalue weighted by Gasteiger charge is 2.29. The molecule has 1 unspecified atom stereocenters. The lowest BCUT2D eigenvalue weighted by Crippen LogP contribution is -2.51. The van der Waals surface area contributed by atoms with Gasteiger partial charge < -0.3 is 4.74 Å². The number of alkyl halides is 2. The summed E-state index contributed by atoms with van der Waals surface area (Å²) in [6, 6.07) is 0. The molecule has 0 aromatic heterocycles. The van der Waals surface area contributed by atoms with Gasteiger partial charge in [0.1, 0.15) is 6.10 Å². The third-order valence-corrected chi connectivity index (χ3v) is 2.02. The van der Waals surface area contributed by atoms with Gasteiger partial charge in [-0.1, -0.05) is 0 Å². The first kappa shape index (κ1) is 10.8. The SMILES string of the molecule is CON(C)N1CCOC(C(F)F)C1. The Labute approximate surface area is 75.9 Å². The number of hydrogen-bond acceptors (Lipinski definition) is 4. The summed E-state index contributed by atoms with van der Waals surface area (Å²) in [4.78, 5) is 4.88. The highest BCUT2D eigenvalue weighted by molar-refractivity contribution is 4.69. The van der Waals surface area contributed by atoms with E-state index in [1.807, 2.05) is 0 Å². The minimum absolute atomic E-state index is 0.169. The van der Waals surface area contributed by atoms with E-state index >= 15 is 0 Å². The number of hydrogen-bond donors (Lipinski definition) is 0. The van der Waals surface area contributed by atoms with Crippen molar-refractivity contribution in [3.8, 4) is 0 Å². The molecule has 1 rings (SSSR count). The molecule has 0 saturated carbocycles. The van der Waals surface area contributed by atoms with E-state index in [2.05, 4.69) is 0 Å². The fraction of sp³-hybridized carbons (Fsp3) is 1.00. The lowest BCUT2D eigenvalue weighted by atomic mass is 10.3. The predicted octanol–water partition coefficient (Wildman–Crippen LogP) is 0.360. The van der Waals surface area contributed by atoms with Gasteiger partial charge in [0, 0.05) is 20.1 Å². The summed E-state index contributed by atoms with van der Waals surface area (Å²) in [5.41, 5.74) is 0. The minimum Gasteiger partial charge on any atom is -0.369 e. The maximum Gasteiger partial charge on any atom is 0.265 e. The zero-order valence-corrected chi connectivity index (χ0v) is 7.74. The van der Waals surface area contributed by atoms with Crippen molar-refractivity contribution in [2.75, 3.05) is 33.9 Å². The molecule has 1 aliphatic rings. The van der Waals surface area contributed by atoms with Crippen LogP contribution < -0.4 is 0 Å². The van der Waals surface area contributed by atoms with Gasteiger partial charge in [0.2, 0.25) is 0 Å². The van der Waals surface area contributed by atoms with Gasteiger partial charge in [-0.25, -0.2) is 13.8 Å². The Morgan fingerprint density at radius 3 is 2.85 bits per heavy atom. The van der Waals surface area contributed by atoms with E-state index < -0.39 is 12.5 Å². The maximum atomic E-state index is 12.3. The summed E-state index contributed by atoms with van der Waals surface area (Å²) in [7, 11) is 3.17. The predicted molar refractivity (Wildman–Crippen MR) is 42.1 cm³/mol. The lowest BCUT2D eigenvalue weighted by molar-refractivity contribution is -0.280. The van der Waals surface area contributed by atoms with Gasteiger partial charge in [-0.15, -0.1) is 5.17 Å². The van der Waals surface area contributed by atoms with Crippen molar-refractivity contribution < 1.29 is 18.4 Å². The maximum absolute atomic E-state index is 12.3. The van der Waals surface area contributed by atoms with Crippen molar-refractivity contribution in [3.05, 3.63) is 0 Å². The summed E-state index contributed by atoms with van der Waals surface area (Å²) >= 11 is 0. The second kappa shape index (κ2) is 4.80. The molecule has 0 spiro atoms. The average Bonchev–Trinajstić information content (AvgIpc) is 2.17. The van der Waals surface area contributed by atoms with Crippen LogP contribution in [-0.4, -0.2) is 56.6 Å². The van der Waals surface area contributed by atoms with Gasteiger partial charge in [-0.2, -0.15) is 0 Å². The van der Waals surface area contributed by atoms with Crippen LogP contribution in [0.2, 0.25) is 0 Å². The van der Waals surface area contributed by atoms with Gasteiger partial charge in [0.25, 0.3) is 6.43 Å². The Morgan fingerprint density at radius 1 is 1.62 bits per heavy atom. The molecule has 0 radical (unpaired) electrons. The number of hydrazine groups is 1. The third-order valence-electron chi connectivity index (χ3n) is 2.02. The fourth-order valence-electron chi connectivity index (χ4n) is 1.18. The van der Waals surface area contributed by atoms with Crippen LogP contribution in [0.5, 0.6) is 0 Å². The Hall–Kier alpha value is -0.300. The quantitative estimate of drug-likeness (QED) is 0.608. The fourth-order valence-corrected chi connectivity index (χ4v) is 1.18. The summed E-state index contributed by atoms with van der Waals surface area (Å²) in [5, 5.41) is 3.12. The normalized spacial score (nSPS) is 25.8. The van der Waals surface area contributed by atoms with Gasteiger partial charge in [0.05, 0.1) is 13.7 Å². The van der Waals surface area contributed by atoms with Crippen LogP contribution in [0.3, 0.4) is 0 Å². The van der Waals surface area contributed by atoms with Crippen molar-refractivity contribution in [2.45, 2.75) is 12.5 Å². The molecule has 13 heavy (non-hydrogen) atoms. The third kappa shape index (κ3) is 2.84. The van der Waals surface area contributed by atoms with E-state index in [1.165, 1.54) is 12.3 Å². The molecule has 0 amide bonds. The van der Waals surface area contributed by atoms with E-state index in [1.54, 1.807) is 12.1 Å². The molecular formula is C7H14F2N2O2. The largest absolute Gasteiger partial charge is 0.369 e. The molecule has 78 valence electrons. The van der Waals surface area contributed by atoms with E-state index in [0.717, 1.165) is 0 Å². The molecule has 1 saturated heterocycles. The Morgan fingerprint density at radius 2 is 2.31 bits per heavy atom. The van der Waals surface area contributed by atoms with E-state index in [-0.39, 0.29) is 6.54 Å². The van der Waals surface area contributed by atoms with Gasteiger partial charge in [-0.05, 0) is 0 Å². The molecule has 1 aliphatic heterocycles. The van der Waals surface area contributed by atoms with Crippen molar-refractivity contribution in [2.24, 2.45) is 0 Å². The first-order valence-corrected chi connectivity index (χ1v) is 4.07. The highest BCUT2D eigenvalue weighted by atomic mass is 19.3. The zero-order chi connectivity index (χ0) is 9.84. The Kier molecular flexibility index (Phi) is 3.98. The monoisotopic (exact) mass is 196 g/mol. The molecule has 0 N–H and O–H groups in total. The van der Waals surface area contributed by atoms with Gasteiger partial charge in [0.15, 0.2) is 0 Å². The molecular weight excluding hydrogens is 182 g/mol. The minimum atomic E-state index is -2.44. The zero-order valence-electron chi connectivity index (χ0n) is 7.74. The second-order valence-corrected chi connectivity index (χ2v) is 2.80. The van der Waals surface area contributed by atoms with Crippen LogP contribution in [0.4, 0.5) is 8.78 Å². The van der Waals surface area contributed by atoms with Crippen LogP contribution in [-0.2, 0) is 9.57 Å². The number of halogens is 2. The number of ether oxygens (including phenoxy) is 1. The standard InChI is InChI=1S/C7H14F2N2O2/c1-10(12-2)11-3-4-13-6(5-11)7(8)9/h6-7H,3-5H2,1-2H3. The molecule has 0 aliphatic carbocycles. The lowest BCUT2D eigenvalue weighted by Gasteiger charge is -2.36. The number of morpholine rings is 1. The van der Waals surface area contributed by atoms with Crippen LogP contribution >= 0.6 is 0 Å². The van der Waals surface area contributed by atoms with Crippen LogP contribution in [0, 0.1) is 0 Å². The van der Waals surface area contributed by atoms with E-state index in [9.17, 15) is 8.78 Å². The summed E-state index contributed by atoms with van der Waals surface area (Å²) in [5.74, 6) is 0. The first-order valence-electron chi connectivity index (χ1n) is 4.07. The summed E-state index contributed by atoms with van der Waals surface area (Å²) < 4.78 is 29.4. The molecule has 1 atom stereocenters. The van der Waals surface area contributed by atoms with Gasteiger partial charge in [-0.3, -0.25) is 4.84 Å². The van der Waals surface area contributed by atoms with Crippen molar-refractivity contribution in [3.63, 3.8) is 0 Å². The van der Waals surface area contributed by atoms with Crippen LogP contribution in [0.15, 0.2) is 0 Å².